The lowest BCUT2D eigenvalue weighted by atomic mass is 9.93. The fourth-order valence-corrected chi connectivity index (χ4v) is 1.15. The third-order valence-electron chi connectivity index (χ3n) is 2.54. The van der Waals surface area contributed by atoms with E-state index in [1.807, 2.05) is 0 Å². The van der Waals surface area contributed by atoms with Crippen LogP contribution in [0.4, 0.5) is 0 Å². The molecule has 15 heavy (non-hydrogen) atoms. The van der Waals surface area contributed by atoms with Gasteiger partial charge >= 0.3 is 0 Å². The highest BCUT2D eigenvalue weighted by Gasteiger charge is 2.24. The van der Waals surface area contributed by atoms with Crippen molar-refractivity contribution in [3.8, 4) is 0 Å². The van der Waals surface area contributed by atoms with Crippen molar-refractivity contribution >= 4 is 5.91 Å². The van der Waals surface area contributed by atoms with E-state index in [1.165, 1.54) is 0 Å². The summed E-state index contributed by atoms with van der Waals surface area (Å²) in [6, 6.07) is 0.376. The molecule has 1 rings (SSSR count). The Morgan fingerprint density at radius 2 is 2.00 bits per heavy atom. The Labute approximate surface area is 89.9 Å². The average Bonchev–Trinajstić information content (AvgIpc) is 3.01. The lowest BCUT2D eigenvalue weighted by Gasteiger charge is -2.24. The second kappa shape index (κ2) is 5.44. The molecule has 1 aliphatic carbocycles. The lowest BCUT2D eigenvalue weighted by Crippen LogP contribution is -2.42. The van der Waals surface area contributed by atoms with Crippen LogP contribution in [0.25, 0.3) is 0 Å². The largest absolute Gasteiger partial charge is 0.396 e. The molecule has 0 unspecified atom stereocenters. The van der Waals surface area contributed by atoms with Crippen molar-refractivity contribution in [2.24, 2.45) is 5.41 Å². The van der Waals surface area contributed by atoms with Gasteiger partial charge in [0.25, 0.3) is 0 Å². The van der Waals surface area contributed by atoms with Gasteiger partial charge < -0.3 is 20.8 Å². The molecule has 0 heterocycles. The Morgan fingerprint density at radius 3 is 2.47 bits per heavy atom. The van der Waals surface area contributed by atoms with Crippen LogP contribution in [0.15, 0.2) is 0 Å². The number of aliphatic hydroxyl groups excluding tert-OH is 2. The molecular formula is C10H20N2O3. The van der Waals surface area contributed by atoms with Crippen molar-refractivity contribution in [2.45, 2.75) is 25.8 Å². The summed E-state index contributed by atoms with van der Waals surface area (Å²) in [7, 11) is 0. The maximum atomic E-state index is 11.3. The smallest absolute Gasteiger partial charge is 0.234 e. The first-order valence-corrected chi connectivity index (χ1v) is 5.31. The van der Waals surface area contributed by atoms with Crippen molar-refractivity contribution < 1.29 is 15.0 Å². The van der Waals surface area contributed by atoms with E-state index in [-0.39, 0.29) is 25.7 Å². The number of aliphatic hydroxyl groups is 2. The molecule has 0 saturated heterocycles. The number of nitrogens with one attached hydrogen (secondary N) is 2. The molecule has 0 bridgehead atoms. The number of rotatable bonds is 7. The predicted molar refractivity (Wildman–Crippen MR) is 56.3 cm³/mol. The Morgan fingerprint density at radius 1 is 1.40 bits per heavy atom. The van der Waals surface area contributed by atoms with Crippen molar-refractivity contribution in [3.63, 3.8) is 0 Å². The van der Waals surface area contributed by atoms with Crippen LogP contribution in [0.2, 0.25) is 0 Å². The first kappa shape index (κ1) is 12.4. The number of hydrogen-bond donors (Lipinski definition) is 4. The molecule has 0 radical (unpaired) electrons. The molecule has 1 aliphatic rings. The predicted octanol–water partition coefficient (Wildman–Crippen LogP) is -1.15. The van der Waals surface area contributed by atoms with Gasteiger partial charge in [0.1, 0.15) is 0 Å². The molecule has 0 aromatic heterocycles. The van der Waals surface area contributed by atoms with Crippen molar-refractivity contribution in [1.82, 2.24) is 10.6 Å². The summed E-state index contributed by atoms with van der Waals surface area (Å²) in [5.74, 6) is -0.0178. The van der Waals surface area contributed by atoms with E-state index in [4.69, 9.17) is 10.2 Å². The number of hydrogen-bond acceptors (Lipinski definition) is 4. The molecule has 5 nitrogen and oxygen atoms in total. The van der Waals surface area contributed by atoms with Gasteiger partial charge in [0.05, 0.1) is 19.8 Å². The zero-order valence-electron chi connectivity index (χ0n) is 9.12. The van der Waals surface area contributed by atoms with Crippen LogP contribution in [0.3, 0.4) is 0 Å². The Hall–Kier alpha value is -0.650. The molecule has 1 saturated carbocycles. The summed E-state index contributed by atoms with van der Waals surface area (Å²) in [4.78, 5) is 11.3. The molecule has 1 amide bonds. The topological polar surface area (TPSA) is 81.6 Å². The van der Waals surface area contributed by atoms with Gasteiger partial charge in [0.15, 0.2) is 0 Å². The molecule has 5 heteroatoms. The normalized spacial score (nSPS) is 16.5. The molecule has 0 atom stereocenters. The molecular weight excluding hydrogens is 196 g/mol. The fraction of sp³-hybridized carbons (Fsp3) is 0.900. The summed E-state index contributed by atoms with van der Waals surface area (Å²) < 4.78 is 0. The Bertz CT molecular complexity index is 213. The first-order chi connectivity index (χ1) is 7.09. The monoisotopic (exact) mass is 216 g/mol. The van der Waals surface area contributed by atoms with Crippen LogP contribution in [0.1, 0.15) is 19.8 Å². The van der Waals surface area contributed by atoms with E-state index in [1.54, 1.807) is 6.92 Å². The standard InChI is InChI=1S/C10H20N2O3/c1-10(6-13,7-14)5-11-4-9(15)12-8-2-3-8/h8,11,13-14H,2-7H2,1H3,(H,12,15). The fourth-order valence-electron chi connectivity index (χ4n) is 1.15. The van der Waals surface area contributed by atoms with Crippen LogP contribution < -0.4 is 10.6 Å². The molecule has 0 aromatic carbocycles. The summed E-state index contributed by atoms with van der Waals surface area (Å²) >= 11 is 0. The van der Waals surface area contributed by atoms with Gasteiger partial charge in [-0.3, -0.25) is 4.79 Å². The van der Waals surface area contributed by atoms with Gasteiger partial charge in [-0.2, -0.15) is 0 Å². The van der Waals surface area contributed by atoms with E-state index in [2.05, 4.69) is 10.6 Å². The highest BCUT2D eigenvalue weighted by atomic mass is 16.3. The van der Waals surface area contributed by atoms with Gasteiger partial charge in [-0.25, -0.2) is 0 Å². The van der Waals surface area contributed by atoms with Gasteiger partial charge in [0.2, 0.25) is 5.91 Å². The number of carbonyl (C=O) groups excluding carboxylic acids is 1. The third kappa shape index (κ3) is 4.59. The maximum absolute atomic E-state index is 11.3. The first-order valence-electron chi connectivity index (χ1n) is 5.31. The minimum Gasteiger partial charge on any atom is -0.396 e. The third-order valence-corrected chi connectivity index (χ3v) is 2.54. The SMILES string of the molecule is CC(CO)(CO)CNCC(=O)NC1CC1. The van der Waals surface area contributed by atoms with E-state index in [0.29, 0.717) is 12.6 Å². The second-order valence-corrected chi connectivity index (χ2v) is 4.57. The van der Waals surface area contributed by atoms with Crippen LogP contribution in [0.5, 0.6) is 0 Å². The van der Waals surface area contributed by atoms with Crippen LogP contribution >= 0.6 is 0 Å². The zero-order chi connectivity index (χ0) is 11.3. The number of amides is 1. The lowest BCUT2D eigenvalue weighted by molar-refractivity contribution is -0.120. The summed E-state index contributed by atoms with van der Waals surface area (Å²) in [6.45, 7) is 2.24. The Kier molecular flexibility index (Phi) is 4.50. The summed E-state index contributed by atoms with van der Waals surface area (Å²) in [5, 5.41) is 23.8. The highest BCUT2D eigenvalue weighted by Crippen LogP contribution is 2.18. The van der Waals surface area contributed by atoms with E-state index >= 15 is 0 Å². The Balaban J connectivity index is 2.10. The van der Waals surface area contributed by atoms with Crippen LogP contribution in [-0.4, -0.2) is 48.5 Å². The molecule has 88 valence electrons. The zero-order valence-corrected chi connectivity index (χ0v) is 9.12. The van der Waals surface area contributed by atoms with Crippen molar-refractivity contribution in [1.29, 1.82) is 0 Å². The van der Waals surface area contributed by atoms with Gasteiger partial charge in [-0.05, 0) is 12.8 Å². The van der Waals surface area contributed by atoms with E-state index in [0.717, 1.165) is 12.8 Å². The van der Waals surface area contributed by atoms with Crippen molar-refractivity contribution in [3.05, 3.63) is 0 Å². The van der Waals surface area contributed by atoms with E-state index in [9.17, 15) is 4.79 Å². The van der Waals surface area contributed by atoms with Gasteiger partial charge in [-0.15, -0.1) is 0 Å². The second-order valence-electron chi connectivity index (χ2n) is 4.57. The van der Waals surface area contributed by atoms with E-state index < -0.39 is 5.41 Å². The molecule has 0 aliphatic heterocycles. The summed E-state index contributed by atoms with van der Waals surface area (Å²) in [6.07, 6.45) is 2.16. The van der Waals surface area contributed by atoms with Crippen molar-refractivity contribution in [2.75, 3.05) is 26.3 Å². The van der Waals surface area contributed by atoms with Crippen LogP contribution in [0, 0.1) is 5.41 Å². The quantitative estimate of drug-likeness (QED) is 0.433. The molecule has 0 aromatic rings. The summed E-state index contributed by atoms with van der Waals surface area (Å²) in [5.41, 5.74) is -0.556. The number of carbonyl (C=O) groups is 1. The maximum Gasteiger partial charge on any atom is 0.234 e. The average molecular weight is 216 g/mol. The molecule has 1 fully saturated rings. The van der Waals surface area contributed by atoms with Gasteiger partial charge in [0, 0.05) is 18.0 Å². The molecule has 4 N–H and O–H groups in total. The highest BCUT2D eigenvalue weighted by molar-refractivity contribution is 5.78. The minimum atomic E-state index is -0.556. The van der Waals surface area contributed by atoms with Gasteiger partial charge in [-0.1, -0.05) is 6.92 Å². The van der Waals surface area contributed by atoms with Crippen LogP contribution in [-0.2, 0) is 4.79 Å². The molecule has 0 spiro atoms. The minimum absolute atomic E-state index is 0.0178.